The molecule has 4 rings (SSSR count). The van der Waals surface area contributed by atoms with Crippen molar-refractivity contribution in [1.29, 1.82) is 0 Å². The van der Waals surface area contributed by atoms with E-state index in [1.54, 1.807) is 60.3 Å². The van der Waals surface area contributed by atoms with Crippen LogP contribution in [0, 0.1) is 13.8 Å². The van der Waals surface area contributed by atoms with Crippen molar-refractivity contribution in [2.24, 2.45) is 0 Å². The van der Waals surface area contributed by atoms with E-state index in [1.165, 1.54) is 12.1 Å². The Balaban J connectivity index is 1.70. The maximum atomic E-state index is 13.3. The van der Waals surface area contributed by atoms with Crippen LogP contribution in [0.1, 0.15) is 39.5 Å². The Kier molecular flexibility index (Phi) is 8.07. The number of aryl methyl sites for hydroxylation is 2. The fourth-order valence-corrected chi connectivity index (χ4v) is 5.12. The van der Waals surface area contributed by atoms with E-state index in [4.69, 9.17) is 4.74 Å². The van der Waals surface area contributed by atoms with Crippen molar-refractivity contribution in [3.05, 3.63) is 107 Å². The van der Waals surface area contributed by atoms with Crippen molar-refractivity contribution >= 4 is 21.9 Å². The third kappa shape index (κ3) is 6.18. The van der Waals surface area contributed by atoms with Gasteiger partial charge in [-0.2, -0.15) is 5.10 Å². The fourth-order valence-electron chi connectivity index (χ4n) is 4.14. The van der Waals surface area contributed by atoms with Gasteiger partial charge >= 0.3 is 5.97 Å². The molecule has 0 bridgehead atoms. The van der Waals surface area contributed by atoms with Crippen LogP contribution in [-0.4, -0.2) is 36.7 Å². The SMILES string of the molecule is CCOC(=O)Cc1ccc(-c2nn(Cc3c(C)cccc3C)cc2C(=O)NS(=O)(=O)c2ccccc2)cc1. The summed E-state index contributed by atoms with van der Waals surface area (Å²) in [5.41, 5.74) is 5.05. The Morgan fingerprint density at radius 3 is 2.21 bits per heavy atom. The van der Waals surface area contributed by atoms with Gasteiger partial charge in [0.05, 0.1) is 30.0 Å². The van der Waals surface area contributed by atoms with Gasteiger partial charge in [-0.3, -0.25) is 14.3 Å². The molecule has 0 spiro atoms. The zero-order chi connectivity index (χ0) is 27.3. The number of esters is 1. The zero-order valence-electron chi connectivity index (χ0n) is 21.5. The first kappa shape index (κ1) is 26.8. The second-order valence-electron chi connectivity index (χ2n) is 8.89. The first-order chi connectivity index (χ1) is 18.2. The van der Waals surface area contributed by atoms with E-state index >= 15 is 0 Å². The average Bonchev–Trinajstić information content (AvgIpc) is 3.31. The number of nitrogens with zero attached hydrogens (tertiary/aromatic N) is 2. The Morgan fingerprint density at radius 2 is 1.58 bits per heavy atom. The summed E-state index contributed by atoms with van der Waals surface area (Å²) in [6.45, 7) is 6.48. The van der Waals surface area contributed by atoms with E-state index in [0.29, 0.717) is 24.4 Å². The molecule has 0 unspecified atom stereocenters. The lowest BCUT2D eigenvalue weighted by molar-refractivity contribution is -0.142. The fraction of sp³-hybridized carbons (Fsp3) is 0.207. The van der Waals surface area contributed by atoms with E-state index in [0.717, 1.165) is 22.3 Å². The molecule has 4 aromatic rings. The van der Waals surface area contributed by atoms with Gasteiger partial charge in [0.1, 0.15) is 5.69 Å². The van der Waals surface area contributed by atoms with Crippen LogP contribution in [0.25, 0.3) is 11.3 Å². The Hall–Kier alpha value is -4.24. The molecular weight excluding hydrogens is 502 g/mol. The molecule has 0 saturated carbocycles. The minimum Gasteiger partial charge on any atom is -0.466 e. The van der Waals surface area contributed by atoms with Crippen LogP contribution in [0.4, 0.5) is 0 Å². The van der Waals surface area contributed by atoms with Crippen molar-refractivity contribution in [3.63, 3.8) is 0 Å². The summed E-state index contributed by atoms with van der Waals surface area (Å²) in [6.07, 6.45) is 1.68. The summed E-state index contributed by atoms with van der Waals surface area (Å²) in [6, 6.07) is 20.7. The van der Waals surface area contributed by atoms with Crippen molar-refractivity contribution < 1.29 is 22.7 Å². The van der Waals surface area contributed by atoms with Crippen LogP contribution < -0.4 is 4.72 Å². The van der Waals surface area contributed by atoms with Crippen LogP contribution in [0.3, 0.4) is 0 Å². The predicted molar refractivity (Wildman–Crippen MR) is 144 cm³/mol. The van der Waals surface area contributed by atoms with E-state index in [1.807, 2.05) is 32.0 Å². The number of ether oxygens (including phenoxy) is 1. The quantitative estimate of drug-likeness (QED) is 0.320. The highest BCUT2D eigenvalue weighted by Crippen LogP contribution is 2.25. The van der Waals surface area contributed by atoms with Gasteiger partial charge in [0.2, 0.25) is 0 Å². The molecule has 0 fully saturated rings. The molecule has 0 radical (unpaired) electrons. The molecule has 1 heterocycles. The molecule has 0 aliphatic carbocycles. The average molecular weight is 532 g/mol. The van der Waals surface area contributed by atoms with Gasteiger partial charge in [-0.15, -0.1) is 0 Å². The number of hydrogen-bond acceptors (Lipinski definition) is 6. The summed E-state index contributed by atoms with van der Waals surface area (Å²) < 4.78 is 34.5. The van der Waals surface area contributed by atoms with E-state index in [-0.39, 0.29) is 22.8 Å². The van der Waals surface area contributed by atoms with Crippen LogP contribution >= 0.6 is 0 Å². The zero-order valence-corrected chi connectivity index (χ0v) is 22.3. The molecular formula is C29H29N3O5S. The Labute approximate surface area is 222 Å². The van der Waals surface area contributed by atoms with Gasteiger partial charge in [-0.05, 0) is 55.2 Å². The van der Waals surface area contributed by atoms with Crippen LogP contribution in [0.15, 0.2) is 83.9 Å². The number of nitrogens with one attached hydrogen (secondary N) is 1. The number of sulfonamides is 1. The summed E-state index contributed by atoms with van der Waals surface area (Å²) >= 11 is 0. The maximum absolute atomic E-state index is 13.3. The summed E-state index contributed by atoms with van der Waals surface area (Å²) in [7, 11) is -4.08. The molecule has 38 heavy (non-hydrogen) atoms. The van der Waals surface area contributed by atoms with Gasteiger partial charge in [0.25, 0.3) is 15.9 Å². The second-order valence-corrected chi connectivity index (χ2v) is 10.6. The monoisotopic (exact) mass is 531 g/mol. The third-order valence-corrected chi connectivity index (χ3v) is 7.48. The largest absolute Gasteiger partial charge is 0.466 e. The van der Waals surface area contributed by atoms with E-state index < -0.39 is 15.9 Å². The number of carbonyl (C=O) groups is 2. The van der Waals surface area contributed by atoms with Crippen molar-refractivity contribution in [3.8, 4) is 11.3 Å². The first-order valence-electron chi connectivity index (χ1n) is 12.2. The topological polar surface area (TPSA) is 107 Å². The Bertz CT molecular complexity index is 1540. The molecule has 0 aliphatic rings. The lowest BCUT2D eigenvalue weighted by Gasteiger charge is -2.09. The van der Waals surface area contributed by atoms with Crippen molar-refractivity contribution in [2.45, 2.75) is 38.6 Å². The molecule has 1 N–H and O–H groups in total. The molecule has 0 saturated heterocycles. The number of amides is 1. The smallest absolute Gasteiger partial charge is 0.310 e. The number of carbonyl (C=O) groups excluding carboxylic acids is 2. The van der Waals surface area contributed by atoms with Gasteiger partial charge in [-0.25, -0.2) is 13.1 Å². The highest BCUT2D eigenvalue weighted by molar-refractivity contribution is 7.90. The minimum absolute atomic E-state index is 0.0128. The molecule has 0 aliphatic heterocycles. The summed E-state index contributed by atoms with van der Waals surface area (Å²) in [4.78, 5) is 25.1. The highest BCUT2D eigenvalue weighted by Gasteiger charge is 2.24. The Morgan fingerprint density at radius 1 is 0.921 bits per heavy atom. The van der Waals surface area contributed by atoms with Gasteiger partial charge in [0, 0.05) is 11.8 Å². The van der Waals surface area contributed by atoms with Crippen molar-refractivity contribution in [1.82, 2.24) is 14.5 Å². The number of hydrogen-bond donors (Lipinski definition) is 1. The molecule has 8 nitrogen and oxygen atoms in total. The lowest BCUT2D eigenvalue weighted by Crippen LogP contribution is -2.30. The molecule has 1 aromatic heterocycles. The molecule has 0 atom stereocenters. The first-order valence-corrected chi connectivity index (χ1v) is 13.7. The molecule has 1 amide bonds. The van der Waals surface area contributed by atoms with E-state index in [9.17, 15) is 18.0 Å². The van der Waals surface area contributed by atoms with Crippen LogP contribution in [0.2, 0.25) is 0 Å². The van der Waals surface area contributed by atoms with Crippen molar-refractivity contribution in [2.75, 3.05) is 6.61 Å². The standard InChI is InChI=1S/C29H29N3O5S/c1-4-37-27(33)17-22-13-15-23(16-14-22)28-26(29(34)31-38(35,36)24-11-6-5-7-12-24)19-32(30-28)18-25-20(2)9-8-10-21(25)3/h5-16,19H,4,17-18H2,1-3H3,(H,31,34). The van der Waals surface area contributed by atoms with Gasteiger partial charge in [0.15, 0.2) is 0 Å². The van der Waals surface area contributed by atoms with Gasteiger partial charge in [-0.1, -0.05) is 60.7 Å². The minimum atomic E-state index is -4.08. The number of aromatic nitrogens is 2. The van der Waals surface area contributed by atoms with Crippen LogP contribution in [0.5, 0.6) is 0 Å². The normalized spacial score (nSPS) is 11.2. The van der Waals surface area contributed by atoms with Crippen LogP contribution in [-0.2, 0) is 32.5 Å². The van der Waals surface area contributed by atoms with E-state index in [2.05, 4.69) is 9.82 Å². The number of rotatable bonds is 9. The molecule has 196 valence electrons. The summed E-state index contributed by atoms with van der Waals surface area (Å²) in [5, 5.41) is 4.67. The van der Waals surface area contributed by atoms with Gasteiger partial charge < -0.3 is 4.74 Å². The molecule has 9 heteroatoms. The second kappa shape index (κ2) is 11.4. The summed E-state index contributed by atoms with van der Waals surface area (Å²) in [5.74, 6) is -1.11. The lowest BCUT2D eigenvalue weighted by atomic mass is 10.0. The molecule has 3 aromatic carbocycles. The highest BCUT2D eigenvalue weighted by atomic mass is 32.2. The maximum Gasteiger partial charge on any atom is 0.310 e. The predicted octanol–water partition coefficient (Wildman–Crippen LogP) is 4.44. The number of benzene rings is 3. The third-order valence-electron chi connectivity index (χ3n) is 6.13.